The Morgan fingerprint density at radius 3 is 2.46 bits per heavy atom. The van der Waals surface area contributed by atoms with Crippen LogP contribution in [0.25, 0.3) is 0 Å². The van der Waals surface area contributed by atoms with E-state index in [1.165, 1.54) is 6.20 Å². The predicted octanol–water partition coefficient (Wildman–Crippen LogP) is 4.03. The molecule has 0 atom stereocenters. The summed E-state index contributed by atoms with van der Waals surface area (Å²) in [5.41, 5.74) is 2.27. The molecule has 0 saturated carbocycles. The third-order valence-corrected chi connectivity index (χ3v) is 3.76. The van der Waals surface area contributed by atoms with Gasteiger partial charge in [0.1, 0.15) is 17.0 Å². The maximum atomic E-state index is 12.2. The van der Waals surface area contributed by atoms with E-state index < -0.39 is 5.91 Å². The van der Waals surface area contributed by atoms with E-state index in [1.807, 2.05) is 36.6 Å². The number of anilines is 2. The van der Waals surface area contributed by atoms with Gasteiger partial charge in [-0.15, -0.1) is 0 Å². The van der Waals surface area contributed by atoms with E-state index in [2.05, 4.69) is 10.6 Å². The summed E-state index contributed by atoms with van der Waals surface area (Å²) < 4.78 is 0. The van der Waals surface area contributed by atoms with E-state index in [0.29, 0.717) is 11.4 Å². The van der Waals surface area contributed by atoms with Crippen LogP contribution in [0.3, 0.4) is 0 Å². The lowest BCUT2D eigenvalue weighted by molar-refractivity contribution is -0.112. The SMILES string of the molecule is Cc1ccccc1NC(=O)/C(C#N)=C\Nc1ccc(SC#N)cc1. The van der Waals surface area contributed by atoms with Crippen LogP contribution in [0, 0.1) is 28.9 Å². The fraction of sp³-hybridized carbons (Fsp3) is 0.0556. The molecule has 24 heavy (non-hydrogen) atoms. The minimum atomic E-state index is -0.476. The zero-order chi connectivity index (χ0) is 17.4. The number of carbonyl (C=O) groups excluding carboxylic acids is 1. The van der Waals surface area contributed by atoms with Gasteiger partial charge in [-0.2, -0.15) is 10.5 Å². The van der Waals surface area contributed by atoms with Crippen molar-refractivity contribution in [2.45, 2.75) is 11.8 Å². The number of thiocyanates is 1. The third kappa shape index (κ3) is 4.64. The Labute approximate surface area is 144 Å². The summed E-state index contributed by atoms with van der Waals surface area (Å²) in [6.07, 6.45) is 1.36. The first kappa shape index (κ1) is 17.1. The lowest BCUT2D eigenvalue weighted by Gasteiger charge is -2.07. The quantitative estimate of drug-likeness (QED) is 0.373. The molecule has 0 heterocycles. The number of thioether (sulfide) groups is 1. The Kier molecular flexibility index (Phi) is 6.01. The zero-order valence-corrected chi connectivity index (χ0v) is 13.7. The van der Waals surface area contributed by atoms with Crippen LogP contribution in [0.2, 0.25) is 0 Å². The number of rotatable bonds is 5. The average Bonchev–Trinajstić information content (AvgIpc) is 2.59. The largest absolute Gasteiger partial charge is 0.360 e. The lowest BCUT2D eigenvalue weighted by Crippen LogP contribution is -2.15. The topological polar surface area (TPSA) is 88.7 Å². The van der Waals surface area contributed by atoms with Crippen molar-refractivity contribution in [2.75, 3.05) is 10.6 Å². The normalized spacial score (nSPS) is 10.4. The van der Waals surface area contributed by atoms with E-state index in [9.17, 15) is 10.1 Å². The molecule has 2 rings (SSSR count). The van der Waals surface area contributed by atoms with E-state index in [4.69, 9.17) is 5.26 Å². The summed E-state index contributed by atoms with van der Waals surface area (Å²) in [7, 11) is 0. The number of hydrogen-bond acceptors (Lipinski definition) is 5. The van der Waals surface area contributed by atoms with Crippen LogP contribution in [0.5, 0.6) is 0 Å². The van der Waals surface area contributed by atoms with Crippen molar-refractivity contribution >= 4 is 29.0 Å². The Bertz CT molecular complexity index is 845. The molecule has 2 aromatic rings. The number of para-hydroxylation sites is 1. The first-order chi connectivity index (χ1) is 11.6. The molecule has 0 bridgehead atoms. The van der Waals surface area contributed by atoms with Gasteiger partial charge in [0.05, 0.1) is 0 Å². The molecule has 0 spiro atoms. The minimum Gasteiger partial charge on any atom is -0.360 e. The van der Waals surface area contributed by atoms with Crippen LogP contribution in [0.1, 0.15) is 5.56 Å². The van der Waals surface area contributed by atoms with Crippen molar-refractivity contribution < 1.29 is 4.79 Å². The van der Waals surface area contributed by atoms with Crippen LogP contribution in [-0.2, 0) is 4.79 Å². The lowest BCUT2D eigenvalue weighted by atomic mass is 10.2. The fourth-order valence-corrected chi connectivity index (χ4v) is 2.26. The molecule has 5 nitrogen and oxygen atoms in total. The highest BCUT2D eigenvalue weighted by Gasteiger charge is 2.10. The second-order valence-corrected chi connectivity index (χ2v) is 5.66. The highest BCUT2D eigenvalue weighted by molar-refractivity contribution is 8.03. The van der Waals surface area contributed by atoms with Gasteiger partial charge in [-0.25, -0.2) is 0 Å². The summed E-state index contributed by atoms with van der Waals surface area (Å²) in [5, 5.41) is 25.4. The molecule has 0 aliphatic heterocycles. The van der Waals surface area contributed by atoms with Gasteiger partial charge < -0.3 is 10.6 Å². The molecule has 0 aromatic heterocycles. The van der Waals surface area contributed by atoms with Gasteiger partial charge in [0, 0.05) is 22.5 Å². The highest BCUT2D eigenvalue weighted by Crippen LogP contribution is 2.19. The zero-order valence-electron chi connectivity index (χ0n) is 12.9. The molecule has 2 N–H and O–H groups in total. The van der Waals surface area contributed by atoms with Crippen LogP contribution in [0.15, 0.2) is 65.2 Å². The van der Waals surface area contributed by atoms with E-state index in [-0.39, 0.29) is 5.57 Å². The predicted molar refractivity (Wildman–Crippen MR) is 95.0 cm³/mol. The summed E-state index contributed by atoms with van der Waals surface area (Å²) >= 11 is 1.07. The highest BCUT2D eigenvalue weighted by atomic mass is 32.2. The molecule has 0 radical (unpaired) electrons. The van der Waals surface area contributed by atoms with Crippen LogP contribution >= 0.6 is 11.8 Å². The number of nitrogens with zero attached hydrogens (tertiary/aromatic N) is 2. The molecule has 1 amide bonds. The summed E-state index contributed by atoms with van der Waals surface area (Å²) in [6.45, 7) is 1.88. The van der Waals surface area contributed by atoms with Gasteiger partial charge in [-0.3, -0.25) is 4.79 Å². The summed E-state index contributed by atoms with van der Waals surface area (Å²) in [6, 6.07) is 16.3. The van der Waals surface area contributed by atoms with Crippen molar-refractivity contribution in [3.63, 3.8) is 0 Å². The van der Waals surface area contributed by atoms with Crippen LogP contribution < -0.4 is 10.6 Å². The van der Waals surface area contributed by atoms with Gasteiger partial charge >= 0.3 is 0 Å². The smallest absolute Gasteiger partial charge is 0.267 e. The molecule has 6 heteroatoms. The number of nitrogens with one attached hydrogen (secondary N) is 2. The average molecular weight is 334 g/mol. The molecular formula is C18H14N4OS. The number of amides is 1. The molecule has 2 aromatic carbocycles. The monoisotopic (exact) mass is 334 g/mol. The summed E-state index contributed by atoms with van der Waals surface area (Å²) in [5.74, 6) is -0.476. The maximum absolute atomic E-state index is 12.2. The van der Waals surface area contributed by atoms with Crippen molar-refractivity contribution in [3.05, 3.63) is 65.9 Å². The van der Waals surface area contributed by atoms with Crippen molar-refractivity contribution in [2.24, 2.45) is 0 Å². The first-order valence-corrected chi connectivity index (χ1v) is 7.85. The first-order valence-electron chi connectivity index (χ1n) is 7.04. The molecular weight excluding hydrogens is 320 g/mol. The Morgan fingerprint density at radius 1 is 1.12 bits per heavy atom. The molecule has 0 saturated heterocycles. The van der Waals surface area contributed by atoms with Gasteiger partial charge in [0.25, 0.3) is 5.91 Å². The number of carbonyl (C=O) groups is 1. The number of aryl methyl sites for hydroxylation is 1. The minimum absolute atomic E-state index is 0.0336. The number of benzene rings is 2. The summed E-state index contributed by atoms with van der Waals surface area (Å²) in [4.78, 5) is 13.0. The number of nitriles is 2. The maximum Gasteiger partial charge on any atom is 0.267 e. The van der Waals surface area contributed by atoms with Crippen LogP contribution in [-0.4, -0.2) is 5.91 Å². The van der Waals surface area contributed by atoms with Crippen molar-refractivity contribution in [1.82, 2.24) is 0 Å². The molecule has 0 aliphatic carbocycles. The standard InChI is InChI=1S/C18H14N4OS/c1-13-4-2-3-5-17(13)22-18(23)14(10-19)11-21-15-6-8-16(9-7-15)24-12-20/h2-9,11,21H,1H3,(H,22,23)/b14-11-. The molecule has 0 fully saturated rings. The van der Waals surface area contributed by atoms with Crippen molar-refractivity contribution in [3.8, 4) is 11.5 Å². The molecule has 0 aliphatic rings. The van der Waals surface area contributed by atoms with E-state index >= 15 is 0 Å². The molecule has 0 unspecified atom stereocenters. The second-order valence-electron chi connectivity index (χ2n) is 4.80. The Hall–Kier alpha value is -3.22. The van der Waals surface area contributed by atoms with Gasteiger partial charge in [-0.1, -0.05) is 18.2 Å². The molecule has 118 valence electrons. The Morgan fingerprint density at radius 2 is 1.83 bits per heavy atom. The van der Waals surface area contributed by atoms with Gasteiger partial charge in [-0.05, 0) is 54.6 Å². The second kappa shape index (κ2) is 8.42. The van der Waals surface area contributed by atoms with Crippen LogP contribution in [0.4, 0.5) is 11.4 Å². The van der Waals surface area contributed by atoms with Gasteiger partial charge in [0.2, 0.25) is 0 Å². The van der Waals surface area contributed by atoms with E-state index in [0.717, 1.165) is 22.2 Å². The fourth-order valence-electron chi connectivity index (χ4n) is 1.88. The van der Waals surface area contributed by atoms with Crippen molar-refractivity contribution in [1.29, 1.82) is 10.5 Å². The Balaban J connectivity index is 2.06. The van der Waals surface area contributed by atoms with Gasteiger partial charge in [0.15, 0.2) is 0 Å². The third-order valence-electron chi connectivity index (χ3n) is 3.16. The van der Waals surface area contributed by atoms with E-state index in [1.54, 1.807) is 30.3 Å². The number of hydrogen-bond donors (Lipinski definition) is 2.